The van der Waals surface area contributed by atoms with E-state index >= 15 is 0 Å². The monoisotopic (exact) mass is 356 g/mol. The van der Waals surface area contributed by atoms with E-state index in [0.717, 1.165) is 37.6 Å². The molecule has 6 rings (SSSR count). The second kappa shape index (κ2) is 5.96. The molecule has 0 radical (unpaired) electrons. The number of fused-ring (bicyclic) bond motifs is 4. The Labute approximate surface area is 158 Å². The maximum absolute atomic E-state index is 4.96. The van der Waals surface area contributed by atoms with Crippen molar-refractivity contribution in [1.82, 2.24) is 19.4 Å². The van der Waals surface area contributed by atoms with E-state index in [2.05, 4.69) is 56.9 Å². The highest BCUT2D eigenvalue weighted by molar-refractivity contribution is 5.88. The van der Waals surface area contributed by atoms with Gasteiger partial charge in [-0.1, -0.05) is 18.6 Å². The molecule has 1 fully saturated rings. The molecule has 0 atom stereocenters. The van der Waals surface area contributed by atoms with E-state index in [-0.39, 0.29) is 0 Å². The van der Waals surface area contributed by atoms with Crippen LogP contribution >= 0.6 is 0 Å². The molecule has 4 aromatic rings. The zero-order chi connectivity index (χ0) is 17.8. The first kappa shape index (κ1) is 15.5. The number of hydrogen-bond donors (Lipinski definition) is 1. The van der Waals surface area contributed by atoms with Crippen molar-refractivity contribution < 1.29 is 0 Å². The van der Waals surface area contributed by atoms with Crippen molar-refractivity contribution in [1.29, 1.82) is 0 Å². The first-order chi connectivity index (χ1) is 13.3. The highest BCUT2D eigenvalue weighted by Crippen LogP contribution is 2.30. The molecule has 1 aliphatic carbocycles. The van der Waals surface area contributed by atoms with E-state index in [1.54, 1.807) is 0 Å². The fourth-order valence-electron chi connectivity index (χ4n) is 4.73. The minimum atomic E-state index is 0.824. The third-order valence-corrected chi connectivity index (χ3v) is 6.54. The Bertz CT molecular complexity index is 1130. The van der Waals surface area contributed by atoms with Gasteiger partial charge in [-0.05, 0) is 59.7 Å². The number of benzene rings is 2. The van der Waals surface area contributed by atoms with E-state index in [1.165, 1.54) is 52.6 Å². The van der Waals surface area contributed by atoms with Gasteiger partial charge in [-0.3, -0.25) is 4.90 Å². The van der Waals surface area contributed by atoms with Gasteiger partial charge in [-0.2, -0.15) is 0 Å². The largest absolute Gasteiger partial charge is 0.361 e. The first-order valence-electron chi connectivity index (χ1n) is 10.2. The second-order valence-electron chi connectivity index (χ2n) is 8.03. The van der Waals surface area contributed by atoms with Gasteiger partial charge in [0.1, 0.15) is 5.82 Å². The Morgan fingerprint density at radius 1 is 0.926 bits per heavy atom. The van der Waals surface area contributed by atoms with Crippen molar-refractivity contribution in [3.63, 3.8) is 0 Å². The van der Waals surface area contributed by atoms with Crippen molar-refractivity contribution in [2.24, 2.45) is 0 Å². The zero-order valence-electron chi connectivity index (χ0n) is 15.5. The van der Waals surface area contributed by atoms with Crippen molar-refractivity contribution in [3.8, 4) is 11.1 Å². The minimum absolute atomic E-state index is 0.824. The van der Waals surface area contributed by atoms with Crippen molar-refractivity contribution in [2.75, 3.05) is 13.1 Å². The zero-order valence-corrected chi connectivity index (χ0v) is 15.5. The van der Waals surface area contributed by atoms with Crippen LogP contribution < -0.4 is 0 Å². The van der Waals surface area contributed by atoms with Crippen LogP contribution in [0.2, 0.25) is 0 Å². The van der Waals surface area contributed by atoms with E-state index < -0.39 is 0 Å². The Morgan fingerprint density at radius 2 is 1.81 bits per heavy atom. The lowest BCUT2D eigenvalue weighted by Crippen LogP contribution is -2.41. The van der Waals surface area contributed by atoms with Crippen molar-refractivity contribution >= 4 is 21.9 Å². The highest BCUT2D eigenvalue weighted by atomic mass is 15.2. The third kappa shape index (κ3) is 2.51. The summed E-state index contributed by atoms with van der Waals surface area (Å²) < 4.78 is 2.46. The van der Waals surface area contributed by atoms with Crippen LogP contribution in [0.15, 0.2) is 48.7 Å². The fourth-order valence-corrected chi connectivity index (χ4v) is 4.73. The highest BCUT2D eigenvalue weighted by Gasteiger charge is 2.27. The van der Waals surface area contributed by atoms with Crippen LogP contribution in [0, 0.1) is 0 Å². The van der Waals surface area contributed by atoms with Gasteiger partial charge in [0, 0.05) is 43.8 Å². The molecule has 27 heavy (non-hydrogen) atoms. The van der Waals surface area contributed by atoms with Crippen LogP contribution in [0.1, 0.15) is 25.1 Å². The van der Waals surface area contributed by atoms with Gasteiger partial charge in [0.05, 0.1) is 11.0 Å². The number of imidazole rings is 1. The fraction of sp³-hybridized carbons (Fsp3) is 0.348. The Hall–Kier alpha value is -2.59. The number of nitrogens with one attached hydrogen (secondary N) is 1. The van der Waals surface area contributed by atoms with Crippen LogP contribution in [0.5, 0.6) is 0 Å². The van der Waals surface area contributed by atoms with Gasteiger partial charge in [0.25, 0.3) is 0 Å². The topological polar surface area (TPSA) is 36.9 Å². The molecular formula is C23H24N4. The minimum Gasteiger partial charge on any atom is -0.361 e. The second-order valence-corrected chi connectivity index (χ2v) is 8.03. The van der Waals surface area contributed by atoms with Crippen LogP contribution in [0.25, 0.3) is 33.1 Å². The summed E-state index contributed by atoms with van der Waals surface area (Å²) in [5.74, 6) is 1.25. The van der Waals surface area contributed by atoms with E-state index in [9.17, 15) is 0 Å². The van der Waals surface area contributed by atoms with Crippen LogP contribution in [-0.4, -0.2) is 38.6 Å². The molecule has 0 bridgehead atoms. The summed E-state index contributed by atoms with van der Waals surface area (Å²) in [6.07, 6.45) is 7.24. The summed E-state index contributed by atoms with van der Waals surface area (Å²) in [6.45, 7) is 3.37. The maximum Gasteiger partial charge on any atom is 0.111 e. The molecular weight excluding hydrogens is 332 g/mol. The van der Waals surface area contributed by atoms with Gasteiger partial charge in [0.2, 0.25) is 0 Å². The molecule has 0 amide bonds. The number of aromatic nitrogens is 3. The smallest absolute Gasteiger partial charge is 0.111 e. The average Bonchev–Trinajstić information content (AvgIpc) is 3.20. The summed E-state index contributed by atoms with van der Waals surface area (Å²) in [5.41, 5.74) is 6.15. The molecule has 1 aliphatic heterocycles. The van der Waals surface area contributed by atoms with Crippen LogP contribution in [-0.2, 0) is 13.0 Å². The molecule has 1 N–H and O–H groups in total. The third-order valence-electron chi connectivity index (χ3n) is 6.54. The number of aromatic amines is 1. The Morgan fingerprint density at radius 3 is 2.70 bits per heavy atom. The van der Waals surface area contributed by atoms with Crippen LogP contribution in [0.4, 0.5) is 0 Å². The Balaban J connectivity index is 1.38. The molecule has 3 heterocycles. The molecule has 1 saturated carbocycles. The molecule has 4 heteroatoms. The SMILES string of the molecule is c1cc2cc(-c3ccc4nc5n(c4c3)CCN(C3CCC3)CC5)ccc2[nH]1. The van der Waals surface area contributed by atoms with Gasteiger partial charge < -0.3 is 9.55 Å². The number of nitrogens with zero attached hydrogens (tertiary/aromatic N) is 3. The summed E-state index contributed by atoms with van der Waals surface area (Å²) in [7, 11) is 0. The maximum atomic E-state index is 4.96. The normalized spacial score (nSPS) is 18.5. The predicted octanol–water partition coefficient (Wildman–Crippen LogP) is 4.60. The average molecular weight is 356 g/mol. The summed E-state index contributed by atoms with van der Waals surface area (Å²) in [6, 6.07) is 16.3. The molecule has 2 aromatic carbocycles. The number of hydrogen-bond acceptors (Lipinski definition) is 2. The van der Waals surface area contributed by atoms with Crippen molar-refractivity contribution in [2.45, 2.75) is 38.3 Å². The molecule has 0 spiro atoms. The lowest BCUT2D eigenvalue weighted by atomic mass is 9.91. The molecule has 0 unspecified atom stereocenters. The van der Waals surface area contributed by atoms with Gasteiger partial charge in [0.15, 0.2) is 0 Å². The Kier molecular flexibility index (Phi) is 3.41. The standard InChI is InChI=1S/C23H24N4/c1-2-19(3-1)26-11-9-23-25-21-7-5-17(15-22(21)27(23)13-12-26)16-4-6-20-18(14-16)8-10-24-20/h4-8,10,14-15,19,24H,1-3,9,11-13H2. The number of H-pyrrole nitrogens is 1. The molecule has 4 nitrogen and oxygen atoms in total. The molecule has 136 valence electrons. The summed E-state index contributed by atoms with van der Waals surface area (Å²) in [4.78, 5) is 10.9. The van der Waals surface area contributed by atoms with Gasteiger partial charge in [-0.15, -0.1) is 0 Å². The van der Waals surface area contributed by atoms with E-state index in [0.29, 0.717) is 0 Å². The van der Waals surface area contributed by atoms with Gasteiger partial charge >= 0.3 is 0 Å². The van der Waals surface area contributed by atoms with E-state index in [4.69, 9.17) is 4.98 Å². The lowest BCUT2D eigenvalue weighted by molar-refractivity contribution is 0.130. The van der Waals surface area contributed by atoms with Crippen molar-refractivity contribution in [3.05, 3.63) is 54.5 Å². The molecule has 2 aromatic heterocycles. The lowest BCUT2D eigenvalue weighted by Gasteiger charge is -2.36. The predicted molar refractivity (Wildman–Crippen MR) is 110 cm³/mol. The quantitative estimate of drug-likeness (QED) is 0.570. The van der Waals surface area contributed by atoms with Crippen LogP contribution in [0.3, 0.4) is 0 Å². The molecule has 0 saturated heterocycles. The number of rotatable bonds is 2. The molecule has 2 aliphatic rings. The van der Waals surface area contributed by atoms with E-state index in [1.807, 2.05) is 6.20 Å². The first-order valence-corrected chi connectivity index (χ1v) is 10.2. The van der Waals surface area contributed by atoms with Gasteiger partial charge in [-0.25, -0.2) is 4.98 Å². The summed E-state index contributed by atoms with van der Waals surface area (Å²) in [5, 5.41) is 1.26. The summed E-state index contributed by atoms with van der Waals surface area (Å²) >= 11 is 0.